The topological polar surface area (TPSA) is 68.0 Å². The fourth-order valence-corrected chi connectivity index (χ4v) is 2.38. The summed E-state index contributed by atoms with van der Waals surface area (Å²) >= 11 is 1.43. The Kier molecular flexibility index (Phi) is 3.57. The van der Waals surface area contributed by atoms with Gasteiger partial charge in [-0.05, 0) is 38.5 Å². The summed E-state index contributed by atoms with van der Waals surface area (Å²) in [5, 5.41) is 5.39. The zero-order valence-electron chi connectivity index (χ0n) is 11.2. The maximum Gasteiger partial charge on any atom is 0.236 e. The standard InChI is InChI=1S/C14H17N3OS/c1-9-8-19-13(16-9)17-12(18)14(2,3)10-4-6-11(15)7-5-10/h4-8H,15H2,1-3H3,(H,16,17,18). The number of nitrogen functional groups attached to an aromatic ring is 1. The summed E-state index contributed by atoms with van der Waals surface area (Å²) in [7, 11) is 0. The molecular formula is C14H17N3OS. The molecule has 3 N–H and O–H groups in total. The molecule has 1 amide bonds. The minimum Gasteiger partial charge on any atom is -0.399 e. The fraction of sp³-hybridized carbons (Fsp3) is 0.286. The fourth-order valence-electron chi connectivity index (χ4n) is 1.70. The highest BCUT2D eigenvalue weighted by Crippen LogP contribution is 2.26. The Hall–Kier alpha value is -1.88. The monoisotopic (exact) mass is 275 g/mol. The van der Waals surface area contributed by atoms with Crippen LogP contribution in [0.1, 0.15) is 25.1 Å². The number of aromatic nitrogens is 1. The van der Waals surface area contributed by atoms with Gasteiger partial charge in [0.1, 0.15) is 0 Å². The first-order chi connectivity index (χ1) is 8.89. The Morgan fingerprint density at radius 3 is 2.47 bits per heavy atom. The minimum atomic E-state index is -0.632. The molecular weight excluding hydrogens is 258 g/mol. The summed E-state index contributed by atoms with van der Waals surface area (Å²) in [4.78, 5) is 16.6. The van der Waals surface area contributed by atoms with E-state index in [0.717, 1.165) is 11.3 Å². The molecule has 2 rings (SSSR count). The number of carbonyl (C=O) groups is 1. The van der Waals surface area contributed by atoms with E-state index in [4.69, 9.17) is 5.73 Å². The van der Waals surface area contributed by atoms with Crippen LogP contribution in [0.4, 0.5) is 10.8 Å². The van der Waals surface area contributed by atoms with Gasteiger partial charge in [0.2, 0.25) is 5.91 Å². The van der Waals surface area contributed by atoms with Crippen molar-refractivity contribution in [2.24, 2.45) is 0 Å². The molecule has 0 fully saturated rings. The zero-order valence-corrected chi connectivity index (χ0v) is 12.0. The average Bonchev–Trinajstić information content (AvgIpc) is 2.75. The Morgan fingerprint density at radius 2 is 1.95 bits per heavy atom. The number of amides is 1. The third-order valence-corrected chi connectivity index (χ3v) is 3.92. The highest BCUT2D eigenvalue weighted by molar-refractivity contribution is 7.13. The number of anilines is 2. The first kappa shape index (κ1) is 13.5. The predicted molar refractivity (Wildman–Crippen MR) is 79.4 cm³/mol. The summed E-state index contributed by atoms with van der Waals surface area (Å²) in [6, 6.07) is 7.36. The van der Waals surface area contributed by atoms with Crippen molar-refractivity contribution in [3.05, 3.63) is 40.9 Å². The van der Waals surface area contributed by atoms with E-state index in [1.807, 2.05) is 38.3 Å². The second-order valence-corrected chi connectivity index (χ2v) is 5.85. The number of nitrogens with zero attached hydrogens (tertiary/aromatic N) is 1. The van der Waals surface area contributed by atoms with Crippen molar-refractivity contribution < 1.29 is 4.79 Å². The van der Waals surface area contributed by atoms with Crippen LogP contribution in [0.25, 0.3) is 0 Å². The quantitative estimate of drug-likeness (QED) is 0.846. The lowest BCUT2D eigenvalue weighted by molar-refractivity contribution is -0.120. The number of aryl methyl sites for hydroxylation is 1. The van der Waals surface area contributed by atoms with Crippen molar-refractivity contribution in [1.29, 1.82) is 0 Å². The largest absolute Gasteiger partial charge is 0.399 e. The van der Waals surface area contributed by atoms with E-state index in [1.165, 1.54) is 11.3 Å². The van der Waals surface area contributed by atoms with E-state index in [9.17, 15) is 4.79 Å². The maximum atomic E-state index is 12.4. The van der Waals surface area contributed by atoms with Crippen molar-refractivity contribution in [2.45, 2.75) is 26.2 Å². The summed E-state index contributed by atoms with van der Waals surface area (Å²) < 4.78 is 0. The minimum absolute atomic E-state index is 0.0772. The van der Waals surface area contributed by atoms with Crippen LogP contribution < -0.4 is 11.1 Å². The Labute approximate surface area is 116 Å². The molecule has 0 unspecified atom stereocenters. The van der Waals surface area contributed by atoms with Crippen molar-refractivity contribution >= 4 is 28.1 Å². The maximum absolute atomic E-state index is 12.4. The van der Waals surface area contributed by atoms with Gasteiger partial charge < -0.3 is 11.1 Å². The Balaban J connectivity index is 2.19. The van der Waals surface area contributed by atoms with Crippen LogP contribution in [-0.2, 0) is 10.2 Å². The van der Waals surface area contributed by atoms with Gasteiger partial charge in [-0.15, -0.1) is 11.3 Å². The summed E-state index contributed by atoms with van der Waals surface area (Å²) in [5.41, 5.74) is 7.55. The number of thiazole rings is 1. The van der Waals surface area contributed by atoms with Gasteiger partial charge in [0.25, 0.3) is 0 Å². The lowest BCUT2D eigenvalue weighted by atomic mass is 9.83. The number of hydrogen-bond acceptors (Lipinski definition) is 4. The van der Waals surface area contributed by atoms with Crippen LogP contribution in [-0.4, -0.2) is 10.9 Å². The van der Waals surface area contributed by atoms with E-state index >= 15 is 0 Å². The van der Waals surface area contributed by atoms with Crippen LogP contribution in [0.5, 0.6) is 0 Å². The summed E-state index contributed by atoms with van der Waals surface area (Å²) in [6.45, 7) is 5.67. The lowest BCUT2D eigenvalue weighted by Crippen LogP contribution is -2.34. The van der Waals surface area contributed by atoms with Crippen molar-refractivity contribution in [2.75, 3.05) is 11.1 Å². The molecule has 0 aliphatic heterocycles. The van der Waals surface area contributed by atoms with Gasteiger partial charge in [0.05, 0.1) is 11.1 Å². The normalized spacial score (nSPS) is 11.3. The smallest absolute Gasteiger partial charge is 0.236 e. The molecule has 100 valence electrons. The number of benzene rings is 1. The van der Waals surface area contributed by atoms with Gasteiger partial charge in [-0.2, -0.15) is 0 Å². The third kappa shape index (κ3) is 2.93. The van der Waals surface area contributed by atoms with Crippen LogP contribution in [0, 0.1) is 6.92 Å². The van der Waals surface area contributed by atoms with Crippen molar-refractivity contribution in [3.63, 3.8) is 0 Å². The molecule has 0 spiro atoms. The first-order valence-electron chi connectivity index (χ1n) is 5.99. The van der Waals surface area contributed by atoms with E-state index in [1.54, 1.807) is 12.1 Å². The molecule has 1 aromatic carbocycles. The molecule has 0 aliphatic carbocycles. The van der Waals surface area contributed by atoms with E-state index in [2.05, 4.69) is 10.3 Å². The molecule has 0 radical (unpaired) electrons. The molecule has 0 atom stereocenters. The molecule has 0 saturated heterocycles. The summed E-state index contributed by atoms with van der Waals surface area (Å²) in [6.07, 6.45) is 0. The van der Waals surface area contributed by atoms with Gasteiger partial charge >= 0.3 is 0 Å². The number of rotatable bonds is 3. The number of nitrogens with two attached hydrogens (primary N) is 1. The van der Waals surface area contributed by atoms with Crippen LogP contribution in [0.2, 0.25) is 0 Å². The second kappa shape index (κ2) is 5.01. The van der Waals surface area contributed by atoms with Crippen LogP contribution in [0.15, 0.2) is 29.6 Å². The molecule has 0 saturated carbocycles. The SMILES string of the molecule is Cc1csc(NC(=O)C(C)(C)c2ccc(N)cc2)n1. The molecule has 5 heteroatoms. The van der Waals surface area contributed by atoms with Crippen LogP contribution in [0.3, 0.4) is 0 Å². The summed E-state index contributed by atoms with van der Waals surface area (Å²) in [5.74, 6) is -0.0772. The predicted octanol–water partition coefficient (Wildman–Crippen LogP) is 2.95. The third-order valence-electron chi connectivity index (χ3n) is 3.04. The molecule has 2 aromatic rings. The van der Waals surface area contributed by atoms with Gasteiger partial charge in [0, 0.05) is 11.1 Å². The highest BCUT2D eigenvalue weighted by Gasteiger charge is 2.30. The molecule has 4 nitrogen and oxygen atoms in total. The average molecular weight is 275 g/mol. The number of nitrogens with one attached hydrogen (secondary N) is 1. The Morgan fingerprint density at radius 1 is 1.32 bits per heavy atom. The first-order valence-corrected chi connectivity index (χ1v) is 6.87. The van der Waals surface area contributed by atoms with Gasteiger partial charge in [0.15, 0.2) is 5.13 Å². The van der Waals surface area contributed by atoms with Gasteiger partial charge in [-0.3, -0.25) is 4.79 Å². The molecule has 1 aromatic heterocycles. The molecule has 0 aliphatic rings. The Bertz CT molecular complexity index is 587. The molecule has 0 bridgehead atoms. The van der Waals surface area contributed by atoms with Gasteiger partial charge in [-0.25, -0.2) is 4.98 Å². The molecule has 19 heavy (non-hydrogen) atoms. The number of carbonyl (C=O) groups excluding carboxylic acids is 1. The highest BCUT2D eigenvalue weighted by atomic mass is 32.1. The van der Waals surface area contributed by atoms with E-state index in [0.29, 0.717) is 10.8 Å². The second-order valence-electron chi connectivity index (χ2n) is 5.00. The zero-order chi connectivity index (χ0) is 14.0. The van der Waals surface area contributed by atoms with Crippen molar-refractivity contribution in [3.8, 4) is 0 Å². The van der Waals surface area contributed by atoms with E-state index < -0.39 is 5.41 Å². The van der Waals surface area contributed by atoms with Crippen LogP contribution >= 0.6 is 11.3 Å². The van der Waals surface area contributed by atoms with E-state index in [-0.39, 0.29) is 5.91 Å². The lowest BCUT2D eigenvalue weighted by Gasteiger charge is -2.23. The van der Waals surface area contributed by atoms with Gasteiger partial charge in [-0.1, -0.05) is 12.1 Å². The van der Waals surface area contributed by atoms with Crippen molar-refractivity contribution in [1.82, 2.24) is 4.98 Å². The number of hydrogen-bond donors (Lipinski definition) is 2. The molecule has 1 heterocycles.